The van der Waals surface area contributed by atoms with Gasteiger partial charge in [-0.05, 0) is 0 Å². The van der Waals surface area contributed by atoms with E-state index in [2.05, 4.69) is 5.32 Å². The Bertz CT molecular complexity index is 215. The predicted octanol–water partition coefficient (Wildman–Crippen LogP) is -1.56. The fourth-order valence-corrected chi connectivity index (χ4v) is 1.39. The van der Waals surface area contributed by atoms with Crippen LogP contribution < -0.4 is 5.32 Å². The van der Waals surface area contributed by atoms with E-state index in [9.17, 15) is 5.11 Å². The molecule has 1 fully saturated rings. The molecule has 3 atom stereocenters. The summed E-state index contributed by atoms with van der Waals surface area (Å²) >= 11 is 0. The average Bonchev–Trinajstić information content (AvgIpc) is 2.53. The maximum Gasteiger partial charge on any atom is 0.163 e. The average molecular weight is 159 g/mol. The monoisotopic (exact) mass is 159 g/mol. The van der Waals surface area contributed by atoms with Crippen LogP contribution in [0, 0.1) is 0 Å². The van der Waals surface area contributed by atoms with Crippen molar-refractivity contribution in [1.29, 1.82) is 0 Å². The van der Waals surface area contributed by atoms with E-state index < -0.39 is 18.2 Å². The van der Waals surface area contributed by atoms with Crippen LogP contribution in [0.3, 0.4) is 0 Å². The third-order valence-corrected chi connectivity index (χ3v) is 2.01. The Kier molecular flexibility index (Phi) is 1.32. The Balaban J connectivity index is 2.32. The summed E-state index contributed by atoms with van der Waals surface area (Å²) in [4.78, 5) is 0. The minimum atomic E-state index is -1.21. The van der Waals surface area contributed by atoms with Gasteiger partial charge in [-0.25, -0.2) is 0 Å². The highest BCUT2D eigenvalue weighted by molar-refractivity contribution is 5.25. The minimum absolute atomic E-state index is 0.257. The van der Waals surface area contributed by atoms with Crippen LogP contribution in [-0.4, -0.2) is 40.3 Å². The second-order valence-corrected chi connectivity index (χ2v) is 2.66. The molecule has 11 heavy (non-hydrogen) atoms. The molecule has 2 rings (SSSR count). The van der Waals surface area contributed by atoms with Crippen molar-refractivity contribution in [3.05, 3.63) is 11.5 Å². The highest BCUT2D eigenvalue weighted by Crippen LogP contribution is 2.29. The van der Waals surface area contributed by atoms with E-state index in [4.69, 9.17) is 14.9 Å². The highest BCUT2D eigenvalue weighted by Gasteiger charge is 2.45. The fourth-order valence-electron chi connectivity index (χ4n) is 1.39. The summed E-state index contributed by atoms with van der Waals surface area (Å²) in [5.41, 5.74) is 0. The molecule has 0 amide bonds. The number of fused-ring (bicyclic) bond motifs is 1. The van der Waals surface area contributed by atoms with E-state index in [1.165, 1.54) is 0 Å². The summed E-state index contributed by atoms with van der Waals surface area (Å²) in [6.45, 7) is 0.272. The zero-order chi connectivity index (χ0) is 8.01. The number of aliphatic hydroxyl groups is 3. The van der Waals surface area contributed by atoms with Crippen molar-refractivity contribution in [2.24, 2.45) is 0 Å². The van der Waals surface area contributed by atoms with Crippen molar-refractivity contribution in [3.8, 4) is 0 Å². The van der Waals surface area contributed by atoms with Crippen LogP contribution in [0.4, 0.5) is 0 Å². The number of ether oxygens (including phenoxy) is 1. The maximum absolute atomic E-state index is 9.24. The Morgan fingerprint density at radius 3 is 2.82 bits per heavy atom. The summed E-state index contributed by atoms with van der Waals surface area (Å²) in [5, 5.41) is 30.3. The normalized spacial score (nSPS) is 42.5. The molecule has 0 saturated carbocycles. The molecule has 62 valence electrons. The summed E-state index contributed by atoms with van der Waals surface area (Å²) in [5.74, 6) is 0.0116. The van der Waals surface area contributed by atoms with Crippen molar-refractivity contribution >= 4 is 0 Å². The van der Waals surface area contributed by atoms with Crippen LogP contribution in [0.1, 0.15) is 0 Å². The van der Waals surface area contributed by atoms with E-state index in [1.807, 2.05) is 0 Å². The molecule has 2 aliphatic rings. The van der Waals surface area contributed by atoms with Gasteiger partial charge in [0, 0.05) is 0 Å². The van der Waals surface area contributed by atoms with Crippen LogP contribution in [0.25, 0.3) is 0 Å². The number of nitrogens with one attached hydrogen (secondary N) is 1. The lowest BCUT2D eigenvalue weighted by Gasteiger charge is -2.12. The van der Waals surface area contributed by atoms with E-state index >= 15 is 0 Å². The first kappa shape index (κ1) is 6.90. The Hall–Kier alpha value is -0.780. The Morgan fingerprint density at radius 2 is 2.18 bits per heavy atom. The van der Waals surface area contributed by atoms with Crippen molar-refractivity contribution in [3.63, 3.8) is 0 Å². The molecule has 1 aliphatic heterocycles. The largest absolute Gasteiger partial charge is 0.506 e. The molecule has 0 radical (unpaired) electrons. The SMILES string of the molecule is OC1=C2OCNC2C(O)C1O. The smallest absolute Gasteiger partial charge is 0.163 e. The van der Waals surface area contributed by atoms with Crippen LogP contribution in [0.5, 0.6) is 0 Å². The summed E-state index contributed by atoms with van der Waals surface area (Å²) < 4.78 is 4.93. The van der Waals surface area contributed by atoms with Gasteiger partial charge >= 0.3 is 0 Å². The number of hydrogen-bond donors (Lipinski definition) is 4. The molecule has 4 N–H and O–H groups in total. The summed E-state index contributed by atoms with van der Waals surface area (Å²) in [6, 6.07) is -0.440. The molecular formula is C6H9NO4. The van der Waals surface area contributed by atoms with Crippen molar-refractivity contribution < 1.29 is 20.1 Å². The van der Waals surface area contributed by atoms with Gasteiger partial charge in [-0.3, -0.25) is 5.32 Å². The van der Waals surface area contributed by atoms with E-state index in [-0.39, 0.29) is 18.2 Å². The standard InChI is InChI=1S/C6H9NO4/c8-3-2-6(11-1-7-2)5(10)4(3)9/h2-4,7-10H,1H2. The third kappa shape index (κ3) is 0.756. The van der Waals surface area contributed by atoms with Gasteiger partial charge in [0.1, 0.15) is 25.0 Å². The molecule has 5 heteroatoms. The summed E-state index contributed by atoms with van der Waals surface area (Å²) in [6.07, 6.45) is -2.20. The van der Waals surface area contributed by atoms with Gasteiger partial charge in [-0.15, -0.1) is 0 Å². The van der Waals surface area contributed by atoms with Gasteiger partial charge < -0.3 is 20.1 Å². The van der Waals surface area contributed by atoms with Gasteiger partial charge in [-0.1, -0.05) is 0 Å². The lowest BCUT2D eigenvalue weighted by atomic mass is 10.2. The van der Waals surface area contributed by atoms with Crippen LogP contribution in [0.15, 0.2) is 11.5 Å². The Morgan fingerprint density at radius 1 is 1.45 bits per heavy atom. The van der Waals surface area contributed by atoms with Crippen LogP contribution in [0.2, 0.25) is 0 Å². The van der Waals surface area contributed by atoms with Gasteiger partial charge in [0.2, 0.25) is 0 Å². The second-order valence-electron chi connectivity index (χ2n) is 2.66. The number of rotatable bonds is 0. The number of hydrogen-bond acceptors (Lipinski definition) is 5. The molecule has 0 aromatic carbocycles. The first-order valence-electron chi connectivity index (χ1n) is 3.37. The third-order valence-electron chi connectivity index (χ3n) is 2.01. The van der Waals surface area contributed by atoms with E-state index in [0.29, 0.717) is 0 Å². The maximum atomic E-state index is 9.24. The molecule has 3 unspecified atom stereocenters. The molecule has 1 saturated heterocycles. The summed E-state index contributed by atoms with van der Waals surface area (Å²) in [7, 11) is 0. The zero-order valence-corrected chi connectivity index (χ0v) is 5.69. The van der Waals surface area contributed by atoms with Crippen LogP contribution in [-0.2, 0) is 4.74 Å². The van der Waals surface area contributed by atoms with Crippen LogP contribution >= 0.6 is 0 Å². The van der Waals surface area contributed by atoms with E-state index in [1.54, 1.807) is 0 Å². The second kappa shape index (κ2) is 2.10. The first-order chi connectivity index (χ1) is 5.22. The van der Waals surface area contributed by atoms with Crippen molar-refractivity contribution in [1.82, 2.24) is 5.32 Å². The van der Waals surface area contributed by atoms with E-state index in [0.717, 1.165) is 0 Å². The minimum Gasteiger partial charge on any atom is -0.506 e. The number of aliphatic hydroxyl groups excluding tert-OH is 3. The zero-order valence-electron chi connectivity index (χ0n) is 5.69. The molecule has 5 nitrogen and oxygen atoms in total. The molecule has 0 aromatic heterocycles. The van der Waals surface area contributed by atoms with Gasteiger partial charge in [0.05, 0.1) is 0 Å². The molecule has 1 aliphatic carbocycles. The lowest BCUT2D eigenvalue weighted by Crippen LogP contribution is -2.38. The molecule has 1 heterocycles. The quantitative estimate of drug-likeness (QED) is 0.343. The lowest BCUT2D eigenvalue weighted by molar-refractivity contribution is 0.0221. The van der Waals surface area contributed by atoms with Crippen molar-refractivity contribution in [2.75, 3.05) is 6.73 Å². The van der Waals surface area contributed by atoms with Gasteiger partial charge in [0.25, 0.3) is 0 Å². The van der Waals surface area contributed by atoms with Gasteiger partial charge in [-0.2, -0.15) is 0 Å². The molecular weight excluding hydrogens is 150 g/mol. The predicted molar refractivity (Wildman–Crippen MR) is 34.5 cm³/mol. The molecule has 0 aromatic rings. The molecule has 0 bridgehead atoms. The first-order valence-corrected chi connectivity index (χ1v) is 3.37. The Labute approximate surface area is 62.9 Å². The topological polar surface area (TPSA) is 82.0 Å². The van der Waals surface area contributed by atoms with Crippen molar-refractivity contribution in [2.45, 2.75) is 18.2 Å². The molecule has 0 spiro atoms. The fraction of sp³-hybridized carbons (Fsp3) is 0.667. The van der Waals surface area contributed by atoms with Gasteiger partial charge in [0.15, 0.2) is 11.5 Å². The highest BCUT2D eigenvalue weighted by atomic mass is 16.5.